The zero-order chi connectivity index (χ0) is 25.4. The molecule has 0 heterocycles. The van der Waals surface area contributed by atoms with Gasteiger partial charge in [0, 0.05) is 17.8 Å². The van der Waals surface area contributed by atoms with Crippen molar-refractivity contribution in [2.45, 2.75) is 82.1 Å². The van der Waals surface area contributed by atoms with Crippen LogP contribution in [0.4, 0.5) is 22.0 Å². The summed E-state index contributed by atoms with van der Waals surface area (Å²) in [7, 11) is 0. The number of ketones is 1. The van der Waals surface area contributed by atoms with E-state index < -0.39 is 41.4 Å². The molecule has 4 aliphatic rings. The van der Waals surface area contributed by atoms with Gasteiger partial charge in [-0.05, 0) is 78.7 Å². The van der Waals surface area contributed by atoms with Crippen LogP contribution in [-0.4, -0.2) is 33.7 Å². The van der Waals surface area contributed by atoms with Crippen molar-refractivity contribution in [3.05, 3.63) is 58.2 Å². The SMILES string of the molecule is C[C@]12CC(c3ccc(CO)cc3)C3=C4CCC(=O)C=C4CC[C@H]3[C@@H]1CCC2(O)C(F)(F)C(F)(F)F. The summed E-state index contributed by atoms with van der Waals surface area (Å²) in [5, 5.41) is 20.7. The van der Waals surface area contributed by atoms with Crippen LogP contribution in [0.2, 0.25) is 0 Å². The number of carbonyl (C=O) groups excluding carboxylic acids is 1. The maximum atomic E-state index is 14.9. The quantitative estimate of drug-likeness (QED) is 0.504. The van der Waals surface area contributed by atoms with Crippen molar-refractivity contribution < 1.29 is 37.0 Å². The lowest BCUT2D eigenvalue weighted by Crippen LogP contribution is -2.65. The minimum atomic E-state index is -5.86. The van der Waals surface area contributed by atoms with Crippen LogP contribution in [0.15, 0.2) is 47.1 Å². The Labute approximate surface area is 200 Å². The average Bonchev–Trinajstić information content (AvgIpc) is 3.09. The molecule has 8 heteroatoms. The van der Waals surface area contributed by atoms with Gasteiger partial charge in [-0.15, -0.1) is 0 Å². The smallest absolute Gasteiger partial charge is 0.392 e. The first-order valence-corrected chi connectivity index (χ1v) is 12.2. The van der Waals surface area contributed by atoms with E-state index in [9.17, 15) is 37.0 Å². The van der Waals surface area contributed by atoms with Gasteiger partial charge >= 0.3 is 12.1 Å². The van der Waals surface area contributed by atoms with Gasteiger partial charge in [0.15, 0.2) is 5.78 Å². The van der Waals surface area contributed by atoms with Gasteiger partial charge in [0.2, 0.25) is 0 Å². The van der Waals surface area contributed by atoms with Crippen LogP contribution in [0.5, 0.6) is 0 Å². The molecule has 0 amide bonds. The fourth-order valence-electron chi connectivity index (χ4n) is 7.57. The molecule has 5 rings (SSSR count). The highest BCUT2D eigenvalue weighted by atomic mass is 19.4. The fraction of sp³-hybridized carbons (Fsp3) is 0.593. The zero-order valence-corrected chi connectivity index (χ0v) is 19.5. The molecule has 0 saturated heterocycles. The second-order valence-corrected chi connectivity index (χ2v) is 10.9. The van der Waals surface area contributed by atoms with Gasteiger partial charge < -0.3 is 10.2 Å². The third-order valence-electron chi connectivity index (χ3n) is 9.33. The number of hydrogen-bond donors (Lipinski definition) is 2. The normalized spacial score (nSPS) is 35.4. The van der Waals surface area contributed by atoms with Crippen molar-refractivity contribution in [3.8, 4) is 0 Å². The van der Waals surface area contributed by atoms with Gasteiger partial charge in [0.05, 0.1) is 6.61 Å². The molecule has 0 aromatic heterocycles. The molecule has 4 aliphatic carbocycles. The van der Waals surface area contributed by atoms with E-state index in [1.54, 1.807) is 30.3 Å². The van der Waals surface area contributed by atoms with E-state index in [1.807, 2.05) is 0 Å². The van der Waals surface area contributed by atoms with Crippen LogP contribution < -0.4 is 0 Å². The van der Waals surface area contributed by atoms with Crippen LogP contribution >= 0.6 is 0 Å². The zero-order valence-electron chi connectivity index (χ0n) is 19.5. The minimum Gasteiger partial charge on any atom is -0.392 e. The molecule has 1 aromatic rings. The van der Waals surface area contributed by atoms with E-state index >= 15 is 0 Å². The highest BCUT2D eigenvalue weighted by Crippen LogP contribution is 2.70. The standard InChI is InChI=1S/C27H29F5O3/c1-24-13-21(16-4-2-15(14-33)3-5-16)23-19-9-7-18(34)12-17(19)6-8-20(23)22(24)10-11-25(24,35)26(28,29)27(30,31)32/h2-5,12,20-22,33,35H,6-11,13-14H2,1H3/t20-,21?,22-,24-,25?/m0/s1. The second-order valence-electron chi connectivity index (χ2n) is 10.9. The van der Waals surface area contributed by atoms with E-state index in [4.69, 9.17) is 0 Å². The van der Waals surface area contributed by atoms with Crippen molar-refractivity contribution in [1.29, 1.82) is 0 Å². The number of aliphatic hydroxyl groups is 2. The predicted octanol–water partition coefficient (Wildman–Crippen LogP) is 6.01. The van der Waals surface area contributed by atoms with E-state index in [0.717, 1.165) is 22.3 Å². The van der Waals surface area contributed by atoms with Gasteiger partial charge in [-0.3, -0.25) is 4.79 Å². The Morgan fingerprint density at radius 3 is 2.34 bits per heavy atom. The Morgan fingerprint density at radius 2 is 1.71 bits per heavy atom. The number of allylic oxidation sites excluding steroid dienone is 4. The molecule has 35 heavy (non-hydrogen) atoms. The summed E-state index contributed by atoms with van der Waals surface area (Å²) in [5.41, 5.74) is -0.422. The number of benzene rings is 1. The lowest BCUT2D eigenvalue weighted by molar-refractivity contribution is -0.362. The molecule has 3 nitrogen and oxygen atoms in total. The van der Waals surface area contributed by atoms with E-state index in [-0.39, 0.29) is 31.1 Å². The molecule has 0 bridgehead atoms. The number of rotatable bonds is 3. The number of aliphatic hydroxyl groups excluding tert-OH is 1. The third-order valence-corrected chi connectivity index (χ3v) is 9.33. The van der Waals surface area contributed by atoms with Crippen molar-refractivity contribution in [3.63, 3.8) is 0 Å². The highest BCUT2D eigenvalue weighted by molar-refractivity contribution is 5.93. The molecule has 5 atom stereocenters. The van der Waals surface area contributed by atoms with Crippen molar-refractivity contribution in [2.24, 2.45) is 17.3 Å². The number of hydrogen-bond acceptors (Lipinski definition) is 3. The van der Waals surface area contributed by atoms with Crippen molar-refractivity contribution in [2.75, 3.05) is 0 Å². The molecule has 0 spiro atoms. The Morgan fingerprint density at radius 1 is 1.03 bits per heavy atom. The van der Waals surface area contributed by atoms with Gasteiger partial charge in [0.1, 0.15) is 5.60 Å². The molecular formula is C27H29F5O3. The lowest BCUT2D eigenvalue weighted by Gasteiger charge is -2.56. The van der Waals surface area contributed by atoms with Crippen LogP contribution in [-0.2, 0) is 11.4 Å². The molecule has 0 aliphatic heterocycles. The molecule has 2 unspecified atom stereocenters. The second kappa shape index (κ2) is 7.97. The number of halogens is 5. The summed E-state index contributed by atoms with van der Waals surface area (Å²) < 4.78 is 70.6. The van der Waals surface area contributed by atoms with E-state index in [0.29, 0.717) is 31.2 Å². The largest absolute Gasteiger partial charge is 0.456 e. The predicted molar refractivity (Wildman–Crippen MR) is 119 cm³/mol. The van der Waals surface area contributed by atoms with Crippen LogP contribution in [0.1, 0.15) is 68.9 Å². The maximum absolute atomic E-state index is 14.9. The summed E-state index contributed by atoms with van der Waals surface area (Å²) in [4.78, 5) is 12.1. The summed E-state index contributed by atoms with van der Waals surface area (Å²) in [5.74, 6) is -6.41. The average molecular weight is 497 g/mol. The van der Waals surface area contributed by atoms with Crippen molar-refractivity contribution >= 4 is 5.78 Å². The molecular weight excluding hydrogens is 467 g/mol. The molecule has 2 N–H and O–H groups in total. The Hall–Kier alpha value is -2.06. The van der Waals surface area contributed by atoms with Crippen LogP contribution in [0.3, 0.4) is 0 Å². The molecule has 2 fully saturated rings. The first kappa shape index (κ1) is 24.6. The molecule has 2 saturated carbocycles. The first-order valence-electron chi connectivity index (χ1n) is 12.2. The summed E-state index contributed by atoms with van der Waals surface area (Å²) in [6.45, 7) is 1.24. The van der Waals surface area contributed by atoms with Crippen LogP contribution in [0, 0.1) is 17.3 Å². The summed E-state index contributed by atoms with van der Waals surface area (Å²) in [6, 6.07) is 7.01. The highest BCUT2D eigenvalue weighted by Gasteiger charge is 2.79. The van der Waals surface area contributed by atoms with Gasteiger partial charge in [0.25, 0.3) is 0 Å². The van der Waals surface area contributed by atoms with Crippen molar-refractivity contribution in [1.82, 2.24) is 0 Å². The monoisotopic (exact) mass is 496 g/mol. The summed E-state index contributed by atoms with van der Waals surface area (Å²) in [6.07, 6.45) is -2.76. The minimum absolute atomic E-state index is 0.0468. The number of alkyl halides is 5. The maximum Gasteiger partial charge on any atom is 0.456 e. The molecule has 1 aromatic carbocycles. The Balaban J connectivity index is 1.68. The van der Waals surface area contributed by atoms with E-state index in [1.165, 1.54) is 6.92 Å². The summed E-state index contributed by atoms with van der Waals surface area (Å²) >= 11 is 0. The first-order chi connectivity index (χ1) is 16.3. The fourth-order valence-corrected chi connectivity index (χ4v) is 7.57. The molecule has 190 valence electrons. The van der Waals surface area contributed by atoms with Crippen LogP contribution in [0.25, 0.3) is 0 Å². The lowest BCUT2D eigenvalue weighted by atomic mass is 9.50. The number of fused-ring (bicyclic) bond motifs is 4. The molecule has 0 radical (unpaired) electrons. The Bertz CT molecular complexity index is 1100. The van der Waals surface area contributed by atoms with Gasteiger partial charge in [-0.25, -0.2) is 0 Å². The third kappa shape index (κ3) is 3.39. The Kier molecular flexibility index (Phi) is 5.61. The van der Waals surface area contributed by atoms with Gasteiger partial charge in [-0.1, -0.05) is 36.8 Å². The number of carbonyl (C=O) groups is 1. The topological polar surface area (TPSA) is 57.5 Å². The van der Waals surface area contributed by atoms with E-state index in [2.05, 4.69) is 0 Å². The van der Waals surface area contributed by atoms with Gasteiger partial charge in [-0.2, -0.15) is 22.0 Å².